The fraction of sp³-hybridized carbons (Fsp3) is 0.474. The standard InChI is InChI=1S/C19H21F4N3O/c1-10(2)8-19(24)9-15(19)27-14-4-3-12(26-16(14)18(22)23)11-5-6-25-13(7-11)17(20)21/h3-7,10,15,17-18H,8-9,24H2,1-2H3. The summed E-state index contributed by atoms with van der Waals surface area (Å²) in [5.41, 5.74) is 5.18. The van der Waals surface area contributed by atoms with Crippen molar-refractivity contribution in [1.29, 1.82) is 0 Å². The van der Waals surface area contributed by atoms with E-state index in [1.165, 1.54) is 24.4 Å². The fourth-order valence-electron chi connectivity index (χ4n) is 3.18. The quantitative estimate of drug-likeness (QED) is 0.690. The first kappa shape index (κ1) is 19.5. The zero-order valence-electron chi connectivity index (χ0n) is 15.0. The number of rotatable bonds is 7. The largest absolute Gasteiger partial charge is 0.486 e. The zero-order valence-corrected chi connectivity index (χ0v) is 15.0. The first-order chi connectivity index (χ1) is 12.7. The molecule has 2 aromatic heterocycles. The summed E-state index contributed by atoms with van der Waals surface area (Å²) in [5.74, 6) is 0.340. The third-order valence-electron chi connectivity index (χ3n) is 4.50. The Morgan fingerprint density at radius 1 is 1.19 bits per heavy atom. The maximum Gasteiger partial charge on any atom is 0.284 e. The lowest BCUT2D eigenvalue weighted by Gasteiger charge is -2.16. The molecule has 27 heavy (non-hydrogen) atoms. The van der Waals surface area contributed by atoms with Gasteiger partial charge < -0.3 is 10.5 Å². The van der Waals surface area contributed by atoms with E-state index in [1.54, 1.807) is 0 Å². The van der Waals surface area contributed by atoms with Crippen LogP contribution in [0.2, 0.25) is 0 Å². The lowest BCUT2D eigenvalue weighted by molar-refractivity contribution is 0.137. The van der Waals surface area contributed by atoms with Crippen LogP contribution in [0.4, 0.5) is 17.6 Å². The van der Waals surface area contributed by atoms with E-state index in [9.17, 15) is 17.6 Å². The smallest absolute Gasteiger partial charge is 0.284 e. The zero-order chi connectivity index (χ0) is 19.8. The molecule has 0 saturated heterocycles. The van der Waals surface area contributed by atoms with E-state index in [4.69, 9.17) is 10.5 Å². The Balaban J connectivity index is 1.85. The van der Waals surface area contributed by atoms with E-state index in [0.717, 1.165) is 12.5 Å². The predicted octanol–water partition coefficient (Wildman–Crippen LogP) is 4.91. The molecule has 0 aromatic carbocycles. The van der Waals surface area contributed by atoms with Crippen LogP contribution in [0.25, 0.3) is 11.3 Å². The average Bonchev–Trinajstić information content (AvgIpc) is 3.22. The van der Waals surface area contributed by atoms with Gasteiger partial charge >= 0.3 is 0 Å². The van der Waals surface area contributed by atoms with Crippen molar-refractivity contribution in [3.05, 3.63) is 41.9 Å². The van der Waals surface area contributed by atoms with Crippen LogP contribution in [0.1, 0.15) is 50.9 Å². The Kier molecular flexibility index (Phi) is 5.37. The van der Waals surface area contributed by atoms with Gasteiger partial charge in [0.15, 0.2) is 0 Å². The van der Waals surface area contributed by atoms with E-state index in [-0.39, 0.29) is 23.1 Å². The molecule has 2 unspecified atom stereocenters. The number of ether oxygens (including phenoxy) is 1. The Hall–Kier alpha value is -2.22. The molecule has 1 fully saturated rings. The maximum absolute atomic E-state index is 13.5. The van der Waals surface area contributed by atoms with Gasteiger partial charge in [-0.2, -0.15) is 0 Å². The molecule has 2 N–H and O–H groups in total. The molecule has 2 atom stereocenters. The van der Waals surface area contributed by atoms with Crippen LogP contribution < -0.4 is 10.5 Å². The van der Waals surface area contributed by atoms with Crippen LogP contribution in [0, 0.1) is 5.92 Å². The van der Waals surface area contributed by atoms with Crippen LogP contribution in [0.5, 0.6) is 5.75 Å². The molecule has 1 saturated carbocycles. The number of hydrogen-bond acceptors (Lipinski definition) is 4. The van der Waals surface area contributed by atoms with Gasteiger partial charge in [-0.15, -0.1) is 0 Å². The highest BCUT2D eigenvalue weighted by atomic mass is 19.3. The summed E-state index contributed by atoms with van der Waals surface area (Å²) in [6.07, 6.45) is -3.43. The fourth-order valence-corrected chi connectivity index (χ4v) is 3.18. The van der Waals surface area contributed by atoms with Crippen molar-refractivity contribution < 1.29 is 22.3 Å². The van der Waals surface area contributed by atoms with Gasteiger partial charge in [0.25, 0.3) is 12.9 Å². The average molecular weight is 383 g/mol. The van der Waals surface area contributed by atoms with Gasteiger partial charge in [0.1, 0.15) is 23.2 Å². The molecule has 0 spiro atoms. The molecule has 1 aliphatic carbocycles. The number of pyridine rings is 2. The highest BCUT2D eigenvalue weighted by Crippen LogP contribution is 2.43. The van der Waals surface area contributed by atoms with Crippen molar-refractivity contribution in [2.45, 2.75) is 51.2 Å². The first-order valence-electron chi connectivity index (χ1n) is 8.68. The van der Waals surface area contributed by atoms with Gasteiger partial charge in [-0.1, -0.05) is 13.8 Å². The van der Waals surface area contributed by atoms with Gasteiger partial charge in [-0.05, 0) is 36.6 Å². The van der Waals surface area contributed by atoms with Crippen molar-refractivity contribution in [3.63, 3.8) is 0 Å². The van der Waals surface area contributed by atoms with Gasteiger partial charge in [-0.25, -0.2) is 22.5 Å². The normalized spacial score (nSPS) is 21.9. The van der Waals surface area contributed by atoms with E-state index in [1.807, 2.05) is 13.8 Å². The second kappa shape index (κ2) is 7.42. The number of halogens is 4. The molecule has 4 nitrogen and oxygen atoms in total. The minimum atomic E-state index is -2.87. The minimum Gasteiger partial charge on any atom is -0.486 e. The Morgan fingerprint density at radius 2 is 1.93 bits per heavy atom. The summed E-state index contributed by atoms with van der Waals surface area (Å²) in [6, 6.07) is 5.44. The van der Waals surface area contributed by atoms with Crippen LogP contribution >= 0.6 is 0 Å². The minimum absolute atomic E-state index is 0.0297. The number of hydrogen-bond donors (Lipinski definition) is 1. The topological polar surface area (TPSA) is 61.0 Å². The SMILES string of the molecule is CC(C)CC1(N)CC1Oc1ccc(-c2ccnc(C(F)F)c2)nc1C(F)F. The molecule has 0 radical (unpaired) electrons. The second-order valence-corrected chi connectivity index (χ2v) is 7.29. The Bertz CT molecular complexity index is 815. The van der Waals surface area contributed by atoms with E-state index in [0.29, 0.717) is 12.3 Å². The van der Waals surface area contributed by atoms with Crippen LogP contribution in [-0.4, -0.2) is 21.6 Å². The molecule has 3 rings (SSSR count). The number of alkyl halides is 4. The molecule has 0 aliphatic heterocycles. The van der Waals surface area contributed by atoms with Crippen molar-refractivity contribution in [3.8, 4) is 17.0 Å². The summed E-state index contributed by atoms with van der Waals surface area (Å²) in [4.78, 5) is 7.51. The van der Waals surface area contributed by atoms with Gasteiger partial charge in [0.2, 0.25) is 0 Å². The summed E-state index contributed by atoms with van der Waals surface area (Å²) in [7, 11) is 0. The van der Waals surface area contributed by atoms with Crippen molar-refractivity contribution in [1.82, 2.24) is 9.97 Å². The molecule has 0 bridgehead atoms. The van der Waals surface area contributed by atoms with Gasteiger partial charge in [-0.3, -0.25) is 4.98 Å². The summed E-state index contributed by atoms with van der Waals surface area (Å²) < 4.78 is 58.3. The second-order valence-electron chi connectivity index (χ2n) is 7.29. The molecule has 2 aromatic rings. The Morgan fingerprint density at radius 3 is 2.56 bits per heavy atom. The maximum atomic E-state index is 13.5. The summed E-state index contributed by atoms with van der Waals surface area (Å²) in [5, 5.41) is 0. The van der Waals surface area contributed by atoms with Crippen molar-refractivity contribution in [2.24, 2.45) is 11.7 Å². The molecular formula is C19H21F4N3O. The lowest BCUT2D eigenvalue weighted by Crippen LogP contribution is -2.31. The summed E-state index contributed by atoms with van der Waals surface area (Å²) >= 11 is 0. The van der Waals surface area contributed by atoms with Crippen molar-refractivity contribution in [2.75, 3.05) is 0 Å². The molecule has 8 heteroatoms. The predicted molar refractivity (Wildman–Crippen MR) is 92.8 cm³/mol. The lowest BCUT2D eigenvalue weighted by atomic mass is 10.0. The van der Waals surface area contributed by atoms with Crippen LogP contribution in [0.15, 0.2) is 30.5 Å². The van der Waals surface area contributed by atoms with Gasteiger partial charge in [0.05, 0.1) is 11.2 Å². The summed E-state index contributed by atoms with van der Waals surface area (Å²) in [6.45, 7) is 4.07. The number of nitrogens with zero attached hydrogens (tertiary/aromatic N) is 2. The number of nitrogens with two attached hydrogens (primary N) is 1. The molecule has 2 heterocycles. The number of aromatic nitrogens is 2. The van der Waals surface area contributed by atoms with E-state index in [2.05, 4.69) is 9.97 Å². The van der Waals surface area contributed by atoms with E-state index < -0.39 is 29.8 Å². The van der Waals surface area contributed by atoms with Crippen LogP contribution in [-0.2, 0) is 0 Å². The third kappa shape index (κ3) is 4.37. The molecular weight excluding hydrogens is 362 g/mol. The highest BCUT2D eigenvalue weighted by molar-refractivity contribution is 5.60. The Labute approximate surface area is 154 Å². The molecule has 0 amide bonds. The molecule has 146 valence electrons. The van der Waals surface area contributed by atoms with E-state index >= 15 is 0 Å². The van der Waals surface area contributed by atoms with Crippen molar-refractivity contribution >= 4 is 0 Å². The highest BCUT2D eigenvalue weighted by Gasteiger charge is 2.53. The van der Waals surface area contributed by atoms with Gasteiger partial charge in [0, 0.05) is 18.2 Å². The molecule has 1 aliphatic rings. The van der Waals surface area contributed by atoms with Crippen LogP contribution in [0.3, 0.4) is 0 Å². The first-order valence-corrected chi connectivity index (χ1v) is 8.68. The third-order valence-corrected chi connectivity index (χ3v) is 4.50. The monoisotopic (exact) mass is 383 g/mol.